The van der Waals surface area contributed by atoms with Gasteiger partial charge < -0.3 is 5.11 Å². The molecule has 1 saturated heterocycles. The lowest BCUT2D eigenvalue weighted by molar-refractivity contribution is 0.00952. The number of hydrogen-bond acceptors (Lipinski definition) is 2. The normalized spacial score (nSPS) is 19.2. The van der Waals surface area contributed by atoms with E-state index in [-0.39, 0.29) is 0 Å². The molecule has 0 radical (unpaired) electrons. The predicted octanol–water partition coefficient (Wildman–Crippen LogP) is 2.66. The number of aliphatic hydroxyl groups is 1. The fourth-order valence-electron chi connectivity index (χ4n) is 2.20. The fraction of sp³-hybridized carbons (Fsp3) is 1.00. The van der Waals surface area contributed by atoms with Gasteiger partial charge in [0.2, 0.25) is 0 Å². The number of unbranched alkanes of at least 4 members (excludes halogenated alkanes) is 3. The second-order valence-electron chi connectivity index (χ2n) is 5.87. The van der Waals surface area contributed by atoms with Crippen LogP contribution in [0.3, 0.4) is 0 Å². The summed E-state index contributed by atoms with van der Waals surface area (Å²) in [5.41, 5.74) is 0.368. The highest BCUT2D eigenvalue weighted by Crippen LogP contribution is 2.28. The fourth-order valence-corrected chi connectivity index (χ4v) is 2.20. The van der Waals surface area contributed by atoms with Gasteiger partial charge in [0.15, 0.2) is 0 Å². The molecule has 2 heteroatoms. The van der Waals surface area contributed by atoms with Gasteiger partial charge in [-0.05, 0) is 39.5 Å². The van der Waals surface area contributed by atoms with Crippen molar-refractivity contribution in [2.24, 2.45) is 5.92 Å². The first-order chi connectivity index (χ1) is 7.04. The number of nitrogens with zero attached hydrogens (tertiary/aromatic N) is 1. The lowest BCUT2D eigenvalue weighted by Crippen LogP contribution is -2.55. The predicted molar refractivity (Wildman–Crippen MR) is 65.0 cm³/mol. The summed E-state index contributed by atoms with van der Waals surface area (Å²) < 4.78 is 0. The van der Waals surface area contributed by atoms with Crippen LogP contribution in [0.5, 0.6) is 0 Å². The van der Waals surface area contributed by atoms with Crippen LogP contribution in [0.1, 0.15) is 52.9 Å². The van der Waals surface area contributed by atoms with Gasteiger partial charge in [0.05, 0.1) is 0 Å². The van der Waals surface area contributed by atoms with Gasteiger partial charge in [-0.3, -0.25) is 4.90 Å². The van der Waals surface area contributed by atoms with Crippen LogP contribution in [-0.2, 0) is 0 Å². The van der Waals surface area contributed by atoms with Gasteiger partial charge >= 0.3 is 0 Å². The minimum absolute atomic E-state index is 0.362. The SMILES string of the molecule is CC(C)(C)N1CC(CCCCCCO)C1. The minimum Gasteiger partial charge on any atom is -0.396 e. The van der Waals surface area contributed by atoms with Crippen molar-refractivity contribution in [1.82, 2.24) is 4.90 Å². The first kappa shape index (κ1) is 13.0. The lowest BCUT2D eigenvalue weighted by atomic mass is 9.88. The zero-order chi connectivity index (χ0) is 11.3. The van der Waals surface area contributed by atoms with Gasteiger partial charge in [-0.1, -0.05) is 19.3 Å². The molecular weight excluding hydrogens is 186 g/mol. The Morgan fingerprint density at radius 3 is 2.20 bits per heavy atom. The topological polar surface area (TPSA) is 23.5 Å². The third-order valence-electron chi connectivity index (χ3n) is 3.43. The van der Waals surface area contributed by atoms with Crippen molar-refractivity contribution < 1.29 is 5.11 Å². The Bertz CT molecular complexity index is 168. The number of hydrogen-bond donors (Lipinski definition) is 1. The van der Waals surface area contributed by atoms with E-state index in [1.165, 1.54) is 38.8 Å². The molecule has 15 heavy (non-hydrogen) atoms. The Hall–Kier alpha value is -0.0800. The molecule has 1 rings (SSSR count). The Morgan fingerprint density at radius 1 is 1.07 bits per heavy atom. The van der Waals surface area contributed by atoms with Crippen LogP contribution >= 0.6 is 0 Å². The van der Waals surface area contributed by atoms with Gasteiger partial charge in [-0.25, -0.2) is 0 Å². The molecule has 0 aromatic rings. The summed E-state index contributed by atoms with van der Waals surface area (Å²) >= 11 is 0. The average Bonchev–Trinajstić information content (AvgIpc) is 2.05. The summed E-state index contributed by atoms with van der Waals surface area (Å²) in [6.07, 6.45) is 6.22. The molecule has 1 N–H and O–H groups in total. The molecule has 1 fully saturated rings. The van der Waals surface area contributed by atoms with Crippen LogP contribution in [0.15, 0.2) is 0 Å². The summed E-state index contributed by atoms with van der Waals surface area (Å²) in [5, 5.41) is 8.65. The standard InChI is InChI=1S/C13H27NO/c1-13(2,3)14-10-12(11-14)8-6-4-5-7-9-15/h12,15H,4-11H2,1-3H3. The molecule has 0 spiro atoms. The summed E-state index contributed by atoms with van der Waals surface area (Å²) in [6, 6.07) is 0. The quantitative estimate of drug-likeness (QED) is 0.686. The maximum atomic E-state index is 8.65. The average molecular weight is 213 g/mol. The molecule has 0 saturated carbocycles. The van der Waals surface area contributed by atoms with Crippen LogP contribution in [0.25, 0.3) is 0 Å². The van der Waals surface area contributed by atoms with Gasteiger partial charge in [-0.15, -0.1) is 0 Å². The van der Waals surface area contributed by atoms with E-state index in [4.69, 9.17) is 5.11 Å². The lowest BCUT2D eigenvalue weighted by Gasteiger charge is -2.48. The van der Waals surface area contributed by atoms with Crippen molar-refractivity contribution >= 4 is 0 Å². The maximum absolute atomic E-state index is 8.65. The Morgan fingerprint density at radius 2 is 1.67 bits per heavy atom. The van der Waals surface area contributed by atoms with Crippen molar-refractivity contribution in [2.45, 2.75) is 58.4 Å². The Labute approximate surface area is 94.7 Å². The van der Waals surface area contributed by atoms with E-state index in [1.54, 1.807) is 0 Å². The van der Waals surface area contributed by atoms with Gasteiger partial charge in [0, 0.05) is 25.2 Å². The van der Waals surface area contributed by atoms with Gasteiger partial charge in [0.1, 0.15) is 0 Å². The van der Waals surface area contributed by atoms with Crippen molar-refractivity contribution in [3.8, 4) is 0 Å². The number of rotatable bonds is 6. The molecule has 90 valence electrons. The third kappa shape index (κ3) is 4.52. The molecule has 0 amide bonds. The summed E-state index contributed by atoms with van der Waals surface area (Å²) in [4.78, 5) is 2.56. The highest BCUT2D eigenvalue weighted by atomic mass is 16.2. The highest BCUT2D eigenvalue weighted by Gasteiger charge is 2.33. The molecule has 1 aliphatic rings. The Kier molecular flexibility index (Phi) is 5.07. The van der Waals surface area contributed by atoms with Crippen molar-refractivity contribution in [2.75, 3.05) is 19.7 Å². The smallest absolute Gasteiger partial charge is 0.0431 e. The van der Waals surface area contributed by atoms with E-state index in [0.717, 1.165) is 12.3 Å². The molecule has 0 aliphatic carbocycles. The zero-order valence-electron chi connectivity index (χ0n) is 10.6. The van der Waals surface area contributed by atoms with Crippen molar-refractivity contribution in [3.63, 3.8) is 0 Å². The number of likely N-dealkylation sites (tertiary alicyclic amines) is 1. The van der Waals surface area contributed by atoms with Crippen molar-refractivity contribution in [3.05, 3.63) is 0 Å². The first-order valence-corrected chi connectivity index (χ1v) is 6.40. The minimum atomic E-state index is 0.362. The van der Waals surface area contributed by atoms with Crippen LogP contribution in [-0.4, -0.2) is 35.2 Å². The second kappa shape index (κ2) is 5.86. The maximum Gasteiger partial charge on any atom is 0.0431 e. The molecule has 0 aromatic carbocycles. The zero-order valence-corrected chi connectivity index (χ0v) is 10.6. The van der Waals surface area contributed by atoms with E-state index >= 15 is 0 Å². The number of aliphatic hydroxyl groups excluding tert-OH is 1. The molecule has 0 unspecified atom stereocenters. The van der Waals surface area contributed by atoms with E-state index < -0.39 is 0 Å². The van der Waals surface area contributed by atoms with E-state index in [1.807, 2.05) is 0 Å². The summed E-state index contributed by atoms with van der Waals surface area (Å²) in [7, 11) is 0. The van der Waals surface area contributed by atoms with Crippen LogP contribution in [0, 0.1) is 5.92 Å². The summed E-state index contributed by atoms with van der Waals surface area (Å²) in [6.45, 7) is 9.84. The second-order valence-corrected chi connectivity index (χ2v) is 5.87. The molecule has 0 aromatic heterocycles. The van der Waals surface area contributed by atoms with E-state index in [2.05, 4.69) is 25.7 Å². The largest absolute Gasteiger partial charge is 0.396 e. The molecule has 1 heterocycles. The van der Waals surface area contributed by atoms with Crippen LogP contribution < -0.4 is 0 Å². The van der Waals surface area contributed by atoms with Gasteiger partial charge in [0.25, 0.3) is 0 Å². The van der Waals surface area contributed by atoms with Crippen LogP contribution in [0.2, 0.25) is 0 Å². The first-order valence-electron chi connectivity index (χ1n) is 6.40. The monoisotopic (exact) mass is 213 g/mol. The summed E-state index contributed by atoms with van der Waals surface area (Å²) in [5.74, 6) is 0.943. The third-order valence-corrected chi connectivity index (χ3v) is 3.43. The molecule has 1 aliphatic heterocycles. The van der Waals surface area contributed by atoms with E-state index in [9.17, 15) is 0 Å². The van der Waals surface area contributed by atoms with Gasteiger partial charge in [-0.2, -0.15) is 0 Å². The van der Waals surface area contributed by atoms with Crippen LogP contribution in [0.4, 0.5) is 0 Å². The molecular formula is C13H27NO. The molecule has 2 nitrogen and oxygen atoms in total. The highest BCUT2D eigenvalue weighted by molar-refractivity contribution is 4.88. The van der Waals surface area contributed by atoms with E-state index in [0.29, 0.717) is 12.1 Å². The van der Waals surface area contributed by atoms with Crippen molar-refractivity contribution in [1.29, 1.82) is 0 Å². The molecule has 0 atom stereocenters. The molecule has 0 bridgehead atoms. The Balaban J connectivity index is 1.94.